The van der Waals surface area contributed by atoms with Crippen LogP contribution in [0, 0.1) is 0 Å². The van der Waals surface area contributed by atoms with Crippen LogP contribution in [0.1, 0.15) is 17.2 Å². The molecule has 0 fully saturated rings. The van der Waals surface area contributed by atoms with Crippen molar-refractivity contribution in [2.45, 2.75) is 6.04 Å². The number of aromatic nitrogens is 3. The monoisotopic (exact) mass is 334 g/mol. The van der Waals surface area contributed by atoms with Crippen LogP contribution in [0.2, 0.25) is 0 Å². The SMILES string of the molecule is Oc1c([C@@H](Nc2nccs2)c2cccnc2)ccc2cccnc12. The van der Waals surface area contributed by atoms with Crippen LogP contribution in [-0.2, 0) is 0 Å². The van der Waals surface area contributed by atoms with Crippen molar-refractivity contribution in [3.05, 3.63) is 77.7 Å². The summed E-state index contributed by atoms with van der Waals surface area (Å²) >= 11 is 1.51. The number of rotatable bonds is 4. The minimum absolute atomic E-state index is 0.172. The van der Waals surface area contributed by atoms with Crippen LogP contribution in [0.3, 0.4) is 0 Å². The molecular weight excluding hydrogens is 320 g/mol. The van der Waals surface area contributed by atoms with Gasteiger partial charge in [-0.15, -0.1) is 11.3 Å². The standard InChI is InChI=1S/C18H14N4OS/c23-17-14(6-5-12-3-2-8-20-16(12)17)15(13-4-1-7-19-11-13)22-18-21-9-10-24-18/h1-11,15,23H,(H,21,22)/t15-/m0/s1. The number of pyridine rings is 2. The first kappa shape index (κ1) is 14.6. The summed E-state index contributed by atoms with van der Waals surface area (Å²) in [6, 6.07) is 11.2. The van der Waals surface area contributed by atoms with E-state index in [9.17, 15) is 5.11 Å². The Balaban J connectivity index is 1.85. The molecule has 24 heavy (non-hydrogen) atoms. The van der Waals surface area contributed by atoms with E-state index >= 15 is 0 Å². The van der Waals surface area contributed by atoms with Crippen molar-refractivity contribution < 1.29 is 5.11 Å². The summed E-state index contributed by atoms with van der Waals surface area (Å²) in [6.07, 6.45) is 6.94. The van der Waals surface area contributed by atoms with Gasteiger partial charge in [0.05, 0.1) is 6.04 Å². The quantitative estimate of drug-likeness (QED) is 0.590. The largest absolute Gasteiger partial charge is 0.505 e. The van der Waals surface area contributed by atoms with E-state index < -0.39 is 0 Å². The van der Waals surface area contributed by atoms with Gasteiger partial charge in [-0.1, -0.05) is 24.3 Å². The molecule has 0 saturated heterocycles. The highest BCUT2D eigenvalue weighted by Gasteiger charge is 2.20. The molecule has 0 aliphatic heterocycles. The van der Waals surface area contributed by atoms with Crippen molar-refractivity contribution in [1.29, 1.82) is 0 Å². The molecule has 3 heterocycles. The van der Waals surface area contributed by atoms with Gasteiger partial charge in [0.15, 0.2) is 5.13 Å². The zero-order valence-corrected chi connectivity index (χ0v) is 13.4. The topological polar surface area (TPSA) is 70.9 Å². The molecule has 0 aliphatic rings. The predicted octanol–water partition coefficient (Wildman–Crippen LogP) is 3.99. The highest BCUT2D eigenvalue weighted by Crippen LogP contribution is 2.36. The molecule has 6 heteroatoms. The van der Waals surface area contributed by atoms with E-state index in [-0.39, 0.29) is 11.8 Å². The lowest BCUT2D eigenvalue weighted by Crippen LogP contribution is -2.13. The van der Waals surface area contributed by atoms with Gasteiger partial charge in [-0.3, -0.25) is 9.97 Å². The number of phenols is 1. The highest BCUT2D eigenvalue weighted by molar-refractivity contribution is 7.13. The molecule has 118 valence electrons. The summed E-state index contributed by atoms with van der Waals surface area (Å²) in [6.45, 7) is 0. The Kier molecular flexibility index (Phi) is 3.80. The maximum absolute atomic E-state index is 10.8. The molecule has 0 bridgehead atoms. The van der Waals surface area contributed by atoms with Crippen molar-refractivity contribution in [3.8, 4) is 5.75 Å². The van der Waals surface area contributed by atoms with Gasteiger partial charge in [-0.05, 0) is 17.7 Å². The average molecular weight is 334 g/mol. The third-order valence-corrected chi connectivity index (χ3v) is 4.51. The Hall–Kier alpha value is -2.99. The van der Waals surface area contributed by atoms with E-state index in [0.29, 0.717) is 5.52 Å². The summed E-state index contributed by atoms with van der Waals surface area (Å²) in [4.78, 5) is 12.8. The van der Waals surface area contributed by atoms with Crippen LogP contribution in [0.25, 0.3) is 10.9 Å². The minimum atomic E-state index is -0.267. The molecule has 3 aromatic heterocycles. The Morgan fingerprint density at radius 1 is 1.00 bits per heavy atom. The zero-order valence-electron chi connectivity index (χ0n) is 12.6. The number of thiazole rings is 1. The summed E-state index contributed by atoms with van der Waals surface area (Å²) < 4.78 is 0. The number of hydrogen-bond acceptors (Lipinski definition) is 6. The predicted molar refractivity (Wildman–Crippen MR) is 95.2 cm³/mol. The third-order valence-electron chi connectivity index (χ3n) is 3.81. The maximum atomic E-state index is 10.8. The second-order valence-electron chi connectivity index (χ2n) is 5.28. The van der Waals surface area contributed by atoms with E-state index in [0.717, 1.165) is 21.6 Å². The molecule has 0 saturated carbocycles. The molecule has 1 atom stereocenters. The lowest BCUT2D eigenvalue weighted by atomic mass is 9.97. The molecular formula is C18H14N4OS. The molecule has 0 spiro atoms. The smallest absolute Gasteiger partial charge is 0.183 e. The fourth-order valence-corrected chi connectivity index (χ4v) is 3.24. The number of fused-ring (bicyclic) bond motifs is 1. The van der Waals surface area contributed by atoms with Crippen LogP contribution < -0.4 is 5.32 Å². The van der Waals surface area contributed by atoms with Crippen molar-refractivity contribution in [2.75, 3.05) is 5.32 Å². The zero-order chi connectivity index (χ0) is 16.4. The van der Waals surface area contributed by atoms with Crippen LogP contribution in [0.5, 0.6) is 5.75 Å². The van der Waals surface area contributed by atoms with Gasteiger partial charge in [0.1, 0.15) is 11.3 Å². The Labute approximate surface area is 142 Å². The Morgan fingerprint density at radius 2 is 1.92 bits per heavy atom. The summed E-state index contributed by atoms with van der Waals surface area (Å²) in [5.41, 5.74) is 2.27. The number of nitrogens with zero attached hydrogens (tertiary/aromatic N) is 3. The first-order valence-corrected chi connectivity index (χ1v) is 8.33. The van der Waals surface area contributed by atoms with Crippen molar-refractivity contribution in [2.24, 2.45) is 0 Å². The van der Waals surface area contributed by atoms with E-state index in [4.69, 9.17) is 0 Å². The fourth-order valence-electron chi connectivity index (χ4n) is 2.68. The molecule has 2 N–H and O–H groups in total. The normalized spacial score (nSPS) is 12.2. The van der Waals surface area contributed by atoms with Crippen molar-refractivity contribution in [3.63, 3.8) is 0 Å². The van der Waals surface area contributed by atoms with Gasteiger partial charge < -0.3 is 10.4 Å². The van der Waals surface area contributed by atoms with Gasteiger partial charge in [-0.2, -0.15) is 0 Å². The third kappa shape index (κ3) is 2.68. The van der Waals surface area contributed by atoms with Gasteiger partial charge in [0, 0.05) is 41.1 Å². The molecule has 5 nitrogen and oxygen atoms in total. The van der Waals surface area contributed by atoms with Crippen LogP contribution in [0.4, 0.5) is 5.13 Å². The number of benzene rings is 1. The maximum Gasteiger partial charge on any atom is 0.183 e. The highest BCUT2D eigenvalue weighted by atomic mass is 32.1. The average Bonchev–Trinajstić information content (AvgIpc) is 3.15. The Morgan fingerprint density at radius 3 is 2.71 bits per heavy atom. The van der Waals surface area contributed by atoms with E-state index in [1.807, 2.05) is 41.8 Å². The van der Waals surface area contributed by atoms with Crippen LogP contribution in [-0.4, -0.2) is 20.1 Å². The second kappa shape index (κ2) is 6.25. The van der Waals surface area contributed by atoms with Crippen molar-refractivity contribution in [1.82, 2.24) is 15.0 Å². The number of hydrogen-bond donors (Lipinski definition) is 2. The van der Waals surface area contributed by atoms with Gasteiger partial charge in [-0.25, -0.2) is 4.98 Å². The molecule has 0 radical (unpaired) electrons. The number of nitrogens with one attached hydrogen (secondary N) is 1. The number of phenolic OH excluding ortho intramolecular Hbond substituents is 1. The number of aromatic hydroxyl groups is 1. The number of anilines is 1. The molecule has 4 rings (SSSR count). The summed E-state index contributed by atoms with van der Waals surface area (Å²) in [7, 11) is 0. The summed E-state index contributed by atoms with van der Waals surface area (Å²) in [5, 5.41) is 17.7. The molecule has 0 amide bonds. The lowest BCUT2D eigenvalue weighted by molar-refractivity contribution is 0.471. The lowest BCUT2D eigenvalue weighted by Gasteiger charge is -2.20. The molecule has 0 unspecified atom stereocenters. The molecule has 4 aromatic rings. The Bertz CT molecular complexity index is 957. The van der Waals surface area contributed by atoms with Crippen molar-refractivity contribution >= 4 is 27.4 Å². The van der Waals surface area contributed by atoms with Crippen LogP contribution in [0.15, 0.2) is 66.6 Å². The first-order chi connectivity index (χ1) is 11.8. The van der Waals surface area contributed by atoms with E-state index in [1.165, 1.54) is 11.3 Å². The molecule has 1 aromatic carbocycles. The second-order valence-corrected chi connectivity index (χ2v) is 6.17. The van der Waals surface area contributed by atoms with Gasteiger partial charge in [0.25, 0.3) is 0 Å². The van der Waals surface area contributed by atoms with Crippen LogP contribution >= 0.6 is 11.3 Å². The summed E-state index contributed by atoms with van der Waals surface area (Å²) in [5.74, 6) is 0.172. The van der Waals surface area contributed by atoms with E-state index in [1.54, 1.807) is 24.8 Å². The minimum Gasteiger partial charge on any atom is -0.505 e. The first-order valence-electron chi connectivity index (χ1n) is 7.45. The fraction of sp³-hybridized carbons (Fsp3) is 0.0556. The van der Waals surface area contributed by atoms with E-state index in [2.05, 4.69) is 20.3 Å². The van der Waals surface area contributed by atoms with Gasteiger partial charge in [0.2, 0.25) is 0 Å². The van der Waals surface area contributed by atoms with Gasteiger partial charge >= 0.3 is 0 Å². The molecule has 0 aliphatic carbocycles.